The first kappa shape index (κ1) is 18.3. The van der Waals surface area contributed by atoms with Crippen LogP contribution in [0.25, 0.3) is 22.3 Å². The average molecular weight is 389 g/mol. The van der Waals surface area contributed by atoms with Gasteiger partial charge in [-0.05, 0) is 67.9 Å². The molecule has 2 aliphatic rings. The number of imidazole rings is 1. The molecule has 2 aromatic heterocycles. The van der Waals surface area contributed by atoms with Gasteiger partial charge in [0.25, 0.3) is 0 Å². The summed E-state index contributed by atoms with van der Waals surface area (Å²) in [4.78, 5) is 27.7. The number of likely N-dealkylation sites (tertiary alicyclic amines) is 1. The van der Waals surface area contributed by atoms with Crippen LogP contribution in [0.1, 0.15) is 61.2 Å². The number of amides is 1. The maximum atomic E-state index is 12.6. The van der Waals surface area contributed by atoms with E-state index in [9.17, 15) is 4.79 Å². The molecule has 2 fully saturated rings. The zero-order valence-electron chi connectivity index (χ0n) is 17.3. The molecule has 0 unspecified atom stereocenters. The minimum atomic E-state index is 0.249. The van der Waals surface area contributed by atoms with Gasteiger partial charge in [0, 0.05) is 30.6 Å². The van der Waals surface area contributed by atoms with Gasteiger partial charge >= 0.3 is 0 Å². The number of fused-ring (bicyclic) bond motifs is 1. The van der Waals surface area contributed by atoms with Crippen molar-refractivity contribution < 1.29 is 4.79 Å². The molecule has 0 radical (unpaired) electrons. The summed E-state index contributed by atoms with van der Waals surface area (Å²) in [5.41, 5.74) is 6.44. The Morgan fingerprint density at radius 3 is 2.66 bits per heavy atom. The molecule has 1 aromatic carbocycles. The van der Waals surface area contributed by atoms with Crippen LogP contribution in [0.2, 0.25) is 0 Å². The molecular formula is C24H28N4O. The molecule has 1 amide bonds. The predicted molar refractivity (Wildman–Crippen MR) is 115 cm³/mol. The Balaban J connectivity index is 1.53. The normalized spacial score (nSPS) is 16.7. The van der Waals surface area contributed by atoms with E-state index in [1.807, 2.05) is 4.90 Å². The number of nitrogens with one attached hydrogen (secondary N) is 1. The molecule has 1 aliphatic heterocycles. The summed E-state index contributed by atoms with van der Waals surface area (Å²) in [5, 5.41) is 1.20. The first-order valence-corrected chi connectivity index (χ1v) is 10.9. The standard InChI is InChI=1S/C24H28N4O/c1-3-22-25-15(2)24(27-22)21-14-18(17-7-8-17)19-12-16(6-9-20(19)26-21)13-23(29)28-10-4-5-11-28/h6,9,12,14,17H,3-5,7-8,10-11,13H2,1-2H3,(H,25,27). The lowest BCUT2D eigenvalue weighted by Gasteiger charge is -2.16. The molecule has 0 bridgehead atoms. The first-order chi connectivity index (χ1) is 14.1. The van der Waals surface area contributed by atoms with Gasteiger partial charge in [-0.3, -0.25) is 4.79 Å². The first-order valence-electron chi connectivity index (χ1n) is 10.9. The third-order valence-electron chi connectivity index (χ3n) is 6.25. The number of carbonyl (C=O) groups is 1. The Hall–Kier alpha value is -2.69. The van der Waals surface area contributed by atoms with Gasteiger partial charge in [0.15, 0.2) is 0 Å². The van der Waals surface area contributed by atoms with Crippen LogP contribution < -0.4 is 0 Å². The van der Waals surface area contributed by atoms with Crippen molar-refractivity contribution in [3.63, 3.8) is 0 Å². The van der Waals surface area contributed by atoms with E-state index in [1.165, 1.54) is 23.8 Å². The fourth-order valence-corrected chi connectivity index (χ4v) is 4.45. The van der Waals surface area contributed by atoms with Crippen LogP contribution in [0.3, 0.4) is 0 Å². The lowest BCUT2D eigenvalue weighted by Crippen LogP contribution is -2.29. The molecule has 29 heavy (non-hydrogen) atoms. The highest BCUT2D eigenvalue weighted by Gasteiger charge is 2.27. The molecule has 3 heterocycles. The zero-order valence-corrected chi connectivity index (χ0v) is 17.3. The van der Waals surface area contributed by atoms with Crippen molar-refractivity contribution in [3.05, 3.63) is 46.9 Å². The van der Waals surface area contributed by atoms with Crippen LogP contribution in [0.4, 0.5) is 0 Å². The van der Waals surface area contributed by atoms with Crippen molar-refractivity contribution >= 4 is 16.8 Å². The topological polar surface area (TPSA) is 61.9 Å². The molecule has 1 aliphatic carbocycles. The average Bonchev–Trinajstić information content (AvgIpc) is 3.27. The number of aromatic amines is 1. The fraction of sp³-hybridized carbons (Fsp3) is 0.458. The number of aromatic nitrogens is 3. The summed E-state index contributed by atoms with van der Waals surface area (Å²) in [6.07, 6.45) is 6.10. The minimum Gasteiger partial charge on any atom is -0.346 e. The summed E-state index contributed by atoms with van der Waals surface area (Å²) < 4.78 is 0. The van der Waals surface area contributed by atoms with Crippen molar-refractivity contribution in [3.8, 4) is 11.4 Å². The van der Waals surface area contributed by atoms with Crippen LogP contribution in [-0.2, 0) is 17.6 Å². The van der Waals surface area contributed by atoms with E-state index in [1.54, 1.807) is 0 Å². The van der Waals surface area contributed by atoms with Gasteiger partial charge in [-0.15, -0.1) is 0 Å². The van der Waals surface area contributed by atoms with Gasteiger partial charge in [-0.25, -0.2) is 9.97 Å². The molecule has 5 rings (SSSR count). The summed E-state index contributed by atoms with van der Waals surface area (Å²) >= 11 is 0. The Morgan fingerprint density at radius 2 is 1.97 bits per heavy atom. The number of H-pyrrole nitrogens is 1. The second-order valence-electron chi connectivity index (χ2n) is 8.50. The molecule has 150 valence electrons. The Morgan fingerprint density at radius 1 is 1.17 bits per heavy atom. The predicted octanol–water partition coefficient (Wildman–Crippen LogP) is 4.54. The van der Waals surface area contributed by atoms with E-state index in [4.69, 9.17) is 9.97 Å². The van der Waals surface area contributed by atoms with Crippen molar-refractivity contribution in [2.45, 2.75) is 58.3 Å². The van der Waals surface area contributed by atoms with Gasteiger partial charge < -0.3 is 9.88 Å². The second kappa shape index (κ2) is 7.29. The van der Waals surface area contributed by atoms with Crippen LogP contribution in [0.5, 0.6) is 0 Å². The number of pyridine rings is 1. The molecule has 5 nitrogen and oxygen atoms in total. The lowest BCUT2D eigenvalue weighted by atomic mass is 9.99. The minimum absolute atomic E-state index is 0.249. The monoisotopic (exact) mass is 388 g/mol. The second-order valence-corrected chi connectivity index (χ2v) is 8.50. The molecule has 0 spiro atoms. The molecule has 0 atom stereocenters. The zero-order chi connectivity index (χ0) is 20.0. The number of aryl methyl sites for hydroxylation is 2. The van der Waals surface area contributed by atoms with Gasteiger partial charge in [-0.1, -0.05) is 13.0 Å². The third kappa shape index (κ3) is 3.54. The van der Waals surface area contributed by atoms with Crippen molar-refractivity contribution in [2.24, 2.45) is 0 Å². The van der Waals surface area contributed by atoms with Crippen LogP contribution in [0, 0.1) is 6.92 Å². The summed E-state index contributed by atoms with van der Waals surface area (Å²) in [6.45, 7) is 5.99. The number of hydrogen-bond acceptors (Lipinski definition) is 3. The Labute approximate surface area is 171 Å². The maximum absolute atomic E-state index is 12.6. The van der Waals surface area contributed by atoms with Gasteiger partial charge in [0.2, 0.25) is 5.91 Å². The molecule has 1 saturated heterocycles. The van der Waals surface area contributed by atoms with E-state index in [2.05, 4.69) is 43.1 Å². The smallest absolute Gasteiger partial charge is 0.226 e. The largest absolute Gasteiger partial charge is 0.346 e. The van der Waals surface area contributed by atoms with Crippen LogP contribution in [-0.4, -0.2) is 38.8 Å². The number of nitrogens with zero attached hydrogens (tertiary/aromatic N) is 3. The summed E-state index contributed by atoms with van der Waals surface area (Å²) in [5.74, 6) is 1.86. The molecular weight excluding hydrogens is 360 g/mol. The van der Waals surface area contributed by atoms with Crippen LogP contribution in [0.15, 0.2) is 24.3 Å². The summed E-state index contributed by atoms with van der Waals surface area (Å²) in [6, 6.07) is 8.58. The maximum Gasteiger partial charge on any atom is 0.226 e. The Bertz CT molecular complexity index is 1070. The van der Waals surface area contributed by atoms with Gasteiger partial charge in [0.05, 0.1) is 17.6 Å². The third-order valence-corrected chi connectivity index (χ3v) is 6.25. The number of carbonyl (C=O) groups excluding carboxylic acids is 1. The molecule has 1 saturated carbocycles. The van der Waals surface area contributed by atoms with Crippen molar-refractivity contribution in [2.75, 3.05) is 13.1 Å². The summed E-state index contributed by atoms with van der Waals surface area (Å²) in [7, 11) is 0. The molecule has 5 heteroatoms. The highest BCUT2D eigenvalue weighted by atomic mass is 16.2. The number of hydrogen-bond donors (Lipinski definition) is 1. The number of benzene rings is 1. The van der Waals surface area contributed by atoms with Crippen LogP contribution >= 0.6 is 0 Å². The van der Waals surface area contributed by atoms with Crippen molar-refractivity contribution in [1.29, 1.82) is 0 Å². The highest BCUT2D eigenvalue weighted by molar-refractivity contribution is 5.88. The Kier molecular flexibility index (Phi) is 4.61. The van der Waals surface area contributed by atoms with Crippen molar-refractivity contribution in [1.82, 2.24) is 19.9 Å². The lowest BCUT2D eigenvalue weighted by molar-refractivity contribution is -0.129. The quantitative estimate of drug-likeness (QED) is 0.698. The fourth-order valence-electron chi connectivity index (χ4n) is 4.45. The van der Waals surface area contributed by atoms with Gasteiger partial charge in [0.1, 0.15) is 11.5 Å². The van der Waals surface area contributed by atoms with E-state index < -0.39 is 0 Å². The van der Waals surface area contributed by atoms with E-state index in [-0.39, 0.29) is 5.91 Å². The highest BCUT2D eigenvalue weighted by Crippen LogP contribution is 2.44. The molecule has 3 aromatic rings. The number of rotatable bonds is 5. The van der Waals surface area contributed by atoms with Gasteiger partial charge in [-0.2, -0.15) is 0 Å². The van der Waals surface area contributed by atoms with E-state index >= 15 is 0 Å². The van der Waals surface area contributed by atoms with E-state index in [0.717, 1.165) is 66.3 Å². The van der Waals surface area contributed by atoms with E-state index in [0.29, 0.717) is 12.3 Å². The SMILES string of the molecule is CCc1nc(-c2cc(C3CC3)c3cc(CC(=O)N4CCCC4)ccc3n2)c(C)[nH]1. The molecule has 1 N–H and O–H groups in total.